The van der Waals surface area contributed by atoms with Crippen LogP contribution < -0.4 is 10.7 Å². The third-order valence-corrected chi connectivity index (χ3v) is 3.42. The number of aliphatic hydroxyl groups excluding tert-OH is 2. The third-order valence-electron chi connectivity index (χ3n) is 1.89. The average molecular weight is 518 g/mol. The molecule has 0 spiro atoms. The molecular weight excluding hydrogens is 502 g/mol. The zero-order valence-electron chi connectivity index (χ0n) is 10.6. The molecule has 1 aromatic rings. The first kappa shape index (κ1) is 19.8. The van der Waals surface area contributed by atoms with Gasteiger partial charge in [-0.25, -0.2) is 0 Å². The van der Waals surface area contributed by atoms with Crippen molar-refractivity contribution in [1.82, 2.24) is 9.88 Å². The Labute approximate surface area is 143 Å². The Balaban J connectivity index is 0.000000441. The lowest BCUT2D eigenvalue weighted by Crippen LogP contribution is -2.21. The summed E-state index contributed by atoms with van der Waals surface area (Å²) in [6.07, 6.45) is 3.05. The second-order valence-corrected chi connectivity index (χ2v) is 5.87. The molecule has 0 unspecified atom stereocenters. The minimum absolute atomic E-state index is 0.0529. The zero-order valence-corrected chi connectivity index (χ0v) is 14.9. The normalized spacial score (nSPS) is 9.80. The predicted octanol–water partition coefficient (Wildman–Crippen LogP) is -0.297. The summed E-state index contributed by atoms with van der Waals surface area (Å²) in [7, 11) is 0. The van der Waals surface area contributed by atoms with Crippen LogP contribution in [-0.4, -0.2) is 52.2 Å². The van der Waals surface area contributed by atoms with Crippen LogP contribution >= 0.6 is 45.2 Å². The highest BCUT2D eigenvalue weighted by Crippen LogP contribution is 2.03. The molecule has 1 heterocycles. The number of carboxylic acids is 1. The number of carboxylic acid groups (broad SMARTS) is 1. The lowest BCUT2D eigenvalue weighted by atomic mass is 10.4. The summed E-state index contributed by atoms with van der Waals surface area (Å²) in [4.78, 5) is 21.6. The fourth-order valence-corrected chi connectivity index (χ4v) is 2.90. The van der Waals surface area contributed by atoms with E-state index in [1.165, 1.54) is 17.0 Å². The van der Waals surface area contributed by atoms with Gasteiger partial charge in [0, 0.05) is 25.5 Å². The van der Waals surface area contributed by atoms with Crippen LogP contribution in [0.5, 0.6) is 0 Å². The van der Waals surface area contributed by atoms with Crippen LogP contribution in [-0.2, 0) is 11.3 Å². The van der Waals surface area contributed by atoms with E-state index in [2.05, 4.69) is 5.32 Å². The predicted molar refractivity (Wildman–Crippen MR) is 90.8 cm³/mol. The highest BCUT2D eigenvalue weighted by Gasteiger charge is 2.04. The third kappa shape index (κ3) is 8.84. The van der Waals surface area contributed by atoms with Gasteiger partial charge in [0.1, 0.15) is 6.54 Å². The molecule has 0 radical (unpaired) electrons. The van der Waals surface area contributed by atoms with Gasteiger partial charge >= 0.3 is 5.97 Å². The molecule has 20 heavy (non-hydrogen) atoms. The first-order chi connectivity index (χ1) is 9.42. The van der Waals surface area contributed by atoms with Gasteiger partial charge in [-0.1, -0.05) is 0 Å². The summed E-state index contributed by atoms with van der Waals surface area (Å²) < 4.78 is 2.55. The van der Waals surface area contributed by atoms with E-state index >= 15 is 0 Å². The van der Waals surface area contributed by atoms with Crippen molar-refractivity contribution in [1.29, 1.82) is 0 Å². The molecule has 0 atom stereocenters. The van der Waals surface area contributed by atoms with Crippen molar-refractivity contribution >= 4 is 51.2 Å². The number of pyridine rings is 1. The van der Waals surface area contributed by atoms with E-state index in [9.17, 15) is 9.59 Å². The molecule has 1 rings (SSSR count). The van der Waals surface area contributed by atoms with E-state index in [1.54, 1.807) is 0 Å². The van der Waals surface area contributed by atoms with Crippen LogP contribution in [0.1, 0.15) is 0 Å². The number of aliphatic carboxylic acids is 1. The molecule has 4 N–H and O–H groups in total. The molecule has 0 aliphatic rings. The van der Waals surface area contributed by atoms with Gasteiger partial charge in [-0.05, 0) is 45.2 Å². The lowest BCUT2D eigenvalue weighted by molar-refractivity contribution is -0.137. The molecule has 9 heteroatoms. The van der Waals surface area contributed by atoms with Crippen LogP contribution in [0.15, 0.2) is 17.2 Å². The van der Waals surface area contributed by atoms with E-state index in [-0.39, 0.29) is 25.2 Å². The van der Waals surface area contributed by atoms with Crippen molar-refractivity contribution in [2.24, 2.45) is 0 Å². The van der Waals surface area contributed by atoms with Crippen LogP contribution in [0.4, 0.5) is 0 Å². The van der Waals surface area contributed by atoms with Crippen molar-refractivity contribution in [2.45, 2.75) is 6.54 Å². The van der Waals surface area contributed by atoms with Crippen molar-refractivity contribution in [3.63, 3.8) is 0 Å². The molecule has 0 bridgehead atoms. The number of hydrogen-bond donors (Lipinski definition) is 4. The Morgan fingerprint density at radius 3 is 1.95 bits per heavy atom. The number of hydrogen-bond acceptors (Lipinski definition) is 5. The number of aliphatic hydroxyl groups is 2. The zero-order chi connectivity index (χ0) is 15.5. The quantitative estimate of drug-likeness (QED) is 0.305. The van der Waals surface area contributed by atoms with Crippen molar-refractivity contribution < 1.29 is 20.1 Å². The smallest absolute Gasteiger partial charge is 0.323 e. The molecule has 0 aromatic carbocycles. The van der Waals surface area contributed by atoms with Crippen LogP contribution in [0, 0.1) is 7.14 Å². The Morgan fingerprint density at radius 1 is 1.15 bits per heavy atom. The monoisotopic (exact) mass is 518 g/mol. The molecule has 114 valence electrons. The lowest BCUT2D eigenvalue weighted by Gasteiger charge is -2.03. The number of nitrogens with zero attached hydrogens (tertiary/aromatic N) is 1. The van der Waals surface area contributed by atoms with Gasteiger partial charge in [0.25, 0.3) is 0 Å². The Kier molecular flexibility index (Phi) is 11.3. The van der Waals surface area contributed by atoms with Crippen LogP contribution in [0.25, 0.3) is 0 Å². The highest BCUT2D eigenvalue weighted by atomic mass is 131. The van der Waals surface area contributed by atoms with Gasteiger partial charge in [0.05, 0.1) is 20.4 Å². The average Bonchev–Trinajstić information content (AvgIpc) is 2.36. The Morgan fingerprint density at radius 2 is 1.60 bits per heavy atom. The topological polar surface area (TPSA) is 112 Å². The maximum Gasteiger partial charge on any atom is 0.323 e. The van der Waals surface area contributed by atoms with E-state index < -0.39 is 5.97 Å². The molecule has 0 aliphatic heterocycles. The highest BCUT2D eigenvalue weighted by molar-refractivity contribution is 14.1. The summed E-state index contributed by atoms with van der Waals surface area (Å²) >= 11 is 3.78. The molecule has 0 amide bonds. The molecule has 1 aromatic heterocycles. The summed E-state index contributed by atoms with van der Waals surface area (Å²) in [6.45, 7) is 1.30. The summed E-state index contributed by atoms with van der Waals surface area (Å²) in [5, 5.41) is 27.6. The molecular formula is C11H16I2N2O5. The molecule has 0 aliphatic carbocycles. The van der Waals surface area contributed by atoms with E-state index in [1.807, 2.05) is 45.2 Å². The summed E-state index contributed by atoms with van der Waals surface area (Å²) in [6, 6.07) is 0. The molecule has 0 fully saturated rings. The molecule has 0 saturated heterocycles. The fraction of sp³-hybridized carbons (Fsp3) is 0.455. The van der Waals surface area contributed by atoms with Gasteiger partial charge in [0.15, 0.2) is 0 Å². The van der Waals surface area contributed by atoms with Crippen molar-refractivity contribution in [3.8, 4) is 0 Å². The molecule has 0 saturated carbocycles. The second-order valence-electron chi connectivity index (χ2n) is 3.55. The number of aromatic nitrogens is 1. The van der Waals surface area contributed by atoms with Gasteiger partial charge in [-0.2, -0.15) is 0 Å². The minimum atomic E-state index is -0.921. The summed E-state index contributed by atoms with van der Waals surface area (Å²) in [5.74, 6) is -0.921. The maximum atomic E-state index is 11.2. The fourth-order valence-electron chi connectivity index (χ4n) is 1.09. The maximum absolute atomic E-state index is 11.2. The van der Waals surface area contributed by atoms with Crippen LogP contribution in [0.2, 0.25) is 0 Å². The number of halogens is 2. The van der Waals surface area contributed by atoms with Crippen molar-refractivity contribution in [2.75, 3.05) is 26.3 Å². The Hall–Kier alpha value is -0.240. The second kappa shape index (κ2) is 11.4. The first-order valence-corrected chi connectivity index (χ1v) is 7.77. The van der Waals surface area contributed by atoms with E-state index in [0.717, 1.165) is 0 Å². The number of nitrogens with one attached hydrogen (secondary N) is 1. The number of rotatable bonds is 6. The van der Waals surface area contributed by atoms with Gasteiger partial charge < -0.3 is 25.2 Å². The number of carbonyl (C=O) groups is 1. The minimum Gasteiger partial charge on any atom is -0.480 e. The standard InChI is InChI=1S/C7H5I2NO3.C4H11NO2/c8-4-1-10(3-6(11)12)2-5(9)7(4)13;6-3-1-5-2-4-7/h1-2H,3H2,(H,11,12);5-7H,1-4H2/i8+4,9+4;. The van der Waals surface area contributed by atoms with Crippen molar-refractivity contribution in [3.05, 3.63) is 29.8 Å². The Bertz CT molecular complexity index is 448. The van der Waals surface area contributed by atoms with E-state index in [4.69, 9.17) is 15.3 Å². The largest absolute Gasteiger partial charge is 0.480 e. The first-order valence-electron chi connectivity index (χ1n) is 5.61. The van der Waals surface area contributed by atoms with Crippen LogP contribution in [0.3, 0.4) is 0 Å². The van der Waals surface area contributed by atoms with Gasteiger partial charge in [0.2, 0.25) is 5.43 Å². The van der Waals surface area contributed by atoms with Gasteiger partial charge in [-0.3, -0.25) is 9.59 Å². The SMILES string of the molecule is O=C(O)Cn1cc([131I])c(=O)c([131I])c1.OCCNCCO. The molecule has 7 nitrogen and oxygen atoms in total. The summed E-state index contributed by atoms with van der Waals surface area (Å²) in [5.41, 5.74) is -0.0529. The van der Waals surface area contributed by atoms with E-state index in [0.29, 0.717) is 20.2 Å². The van der Waals surface area contributed by atoms with Gasteiger partial charge in [-0.15, -0.1) is 0 Å².